The van der Waals surface area contributed by atoms with E-state index in [0.717, 1.165) is 5.69 Å². The van der Waals surface area contributed by atoms with Gasteiger partial charge in [0.2, 0.25) is 0 Å². The van der Waals surface area contributed by atoms with Gasteiger partial charge in [-0.05, 0) is 18.2 Å². The van der Waals surface area contributed by atoms with Gasteiger partial charge in [-0.3, -0.25) is 9.48 Å². The summed E-state index contributed by atoms with van der Waals surface area (Å²) >= 11 is 0. The van der Waals surface area contributed by atoms with Crippen LogP contribution >= 0.6 is 0 Å². The number of nitrogens with zero attached hydrogens (tertiary/aromatic N) is 2. The van der Waals surface area contributed by atoms with Gasteiger partial charge in [-0.1, -0.05) is 0 Å². The van der Waals surface area contributed by atoms with Crippen LogP contribution in [0.25, 0.3) is 0 Å². The van der Waals surface area contributed by atoms with Crippen molar-refractivity contribution >= 4 is 5.91 Å². The molecule has 1 amide bonds. The molecule has 1 N–H and O–H groups in total. The van der Waals surface area contributed by atoms with Crippen LogP contribution in [0.5, 0.6) is 0 Å². The van der Waals surface area contributed by atoms with Gasteiger partial charge >= 0.3 is 0 Å². The normalized spacial score (nSPS) is 10.2. The largest absolute Gasteiger partial charge is 0.459 e. The molecule has 2 heterocycles. The lowest BCUT2D eigenvalue weighted by Gasteiger charge is -2.03. The molecule has 0 aliphatic rings. The number of furan rings is 1. The second kappa shape index (κ2) is 4.00. The van der Waals surface area contributed by atoms with E-state index < -0.39 is 0 Å². The topological polar surface area (TPSA) is 60.1 Å². The van der Waals surface area contributed by atoms with Crippen molar-refractivity contribution in [1.82, 2.24) is 15.1 Å². The molecule has 5 heteroatoms. The standard InChI is InChI=1S/C10H11N3O2/c1-13-8(4-5-12-13)7-11-10(14)9-3-2-6-15-9/h2-6H,7H2,1H3,(H,11,14). The molecule has 0 spiro atoms. The highest BCUT2D eigenvalue weighted by atomic mass is 16.3. The number of rotatable bonds is 3. The van der Waals surface area contributed by atoms with Crippen LogP contribution in [0.1, 0.15) is 16.2 Å². The molecular weight excluding hydrogens is 194 g/mol. The Hall–Kier alpha value is -2.04. The summed E-state index contributed by atoms with van der Waals surface area (Å²) in [5, 5.41) is 6.73. The Morgan fingerprint density at radius 2 is 2.47 bits per heavy atom. The minimum absolute atomic E-state index is 0.221. The summed E-state index contributed by atoms with van der Waals surface area (Å²) in [6.07, 6.45) is 3.16. The maximum atomic E-state index is 11.5. The Balaban J connectivity index is 1.95. The van der Waals surface area contributed by atoms with Gasteiger partial charge in [0.1, 0.15) is 0 Å². The molecule has 0 saturated carbocycles. The average molecular weight is 205 g/mol. The van der Waals surface area contributed by atoms with Crippen molar-refractivity contribution in [2.24, 2.45) is 7.05 Å². The van der Waals surface area contributed by atoms with Gasteiger partial charge in [-0.25, -0.2) is 0 Å². The number of amides is 1. The highest BCUT2D eigenvalue weighted by Gasteiger charge is 2.08. The van der Waals surface area contributed by atoms with E-state index in [-0.39, 0.29) is 5.91 Å². The van der Waals surface area contributed by atoms with Gasteiger partial charge < -0.3 is 9.73 Å². The van der Waals surface area contributed by atoms with Gasteiger partial charge in [-0.2, -0.15) is 5.10 Å². The van der Waals surface area contributed by atoms with Crippen molar-refractivity contribution < 1.29 is 9.21 Å². The van der Waals surface area contributed by atoms with E-state index in [4.69, 9.17) is 4.42 Å². The molecule has 2 aromatic rings. The third kappa shape index (κ3) is 2.07. The van der Waals surface area contributed by atoms with Crippen molar-refractivity contribution in [3.8, 4) is 0 Å². The van der Waals surface area contributed by atoms with Crippen LogP contribution in [-0.4, -0.2) is 15.7 Å². The number of nitrogens with one attached hydrogen (secondary N) is 1. The van der Waals surface area contributed by atoms with Gasteiger partial charge in [0.05, 0.1) is 18.5 Å². The maximum absolute atomic E-state index is 11.5. The summed E-state index contributed by atoms with van der Waals surface area (Å²) in [4.78, 5) is 11.5. The minimum atomic E-state index is -0.221. The fraction of sp³-hybridized carbons (Fsp3) is 0.200. The number of carbonyl (C=O) groups excluding carboxylic acids is 1. The molecule has 5 nitrogen and oxygen atoms in total. The second-order valence-corrected chi connectivity index (χ2v) is 3.11. The first-order valence-electron chi connectivity index (χ1n) is 4.56. The SMILES string of the molecule is Cn1nccc1CNC(=O)c1ccco1. The second-order valence-electron chi connectivity index (χ2n) is 3.11. The number of aryl methyl sites for hydroxylation is 1. The van der Waals surface area contributed by atoms with E-state index in [0.29, 0.717) is 12.3 Å². The quantitative estimate of drug-likeness (QED) is 0.811. The van der Waals surface area contributed by atoms with E-state index in [1.165, 1.54) is 6.26 Å². The molecule has 0 unspecified atom stereocenters. The van der Waals surface area contributed by atoms with Gasteiger partial charge in [0.25, 0.3) is 5.91 Å². The van der Waals surface area contributed by atoms with Crippen LogP contribution in [0.3, 0.4) is 0 Å². The predicted molar refractivity (Wildman–Crippen MR) is 53.1 cm³/mol. The van der Waals surface area contributed by atoms with Crippen LogP contribution < -0.4 is 5.32 Å². The molecule has 0 saturated heterocycles. The van der Waals surface area contributed by atoms with E-state index in [2.05, 4.69) is 10.4 Å². The zero-order valence-corrected chi connectivity index (χ0v) is 8.30. The molecule has 2 aromatic heterocycles. The van der Waals surface area contributed by atoms with Gasteiger partial charge in [0.15, 0.2) is 5.76 Å². The fourth-order valence-electron chi connectivity index (χ4n) is 1.24. The monoisotopic (exact) mass is 205 g/mol. The van der Waals surface area contributed by atoms with Crippen LogP contribution in [-0.2, 0) is 13.6 Å². The Bertz CT molecular complexity index is 445. The first kappa shape index (κ1) is 9.51. The Morgan fingerprint density at radius 3 is 3.07 bits per heavy atom. The van der Waals surface area contributed by atoms with Crippen LogP contribution in [0, 0.1) is 0 Å². The van der Waals surface area contributed by atoms with Crippen molar-refractivity contribution in [2.45, 2.75) is 6.54 Å². The summed E-state index contributed by atoms with van der Waals surface area (Å²) in [6, 6.07) is 5.15. The van der Waals surface area contributed by atoms with E-state index in [1.54, 1.807) is 23.0 Å². The van der Waals surface area contributed by atoms with E-state index in [9.17, 15) is 4.79 Å². The smallest absolute Gasteiger partial charge is 0.287 e. The summed E-state index contributed by atoms with van der Waals surface area (Å²) < 4.78 is 6.67. The summed E-state index contributed by atoms with van der Waals surface area (Å²) in [6.45, 7) is 0.441. The lowest BCUT2D eigenvalue weighted by molar-refractivity contribution is 0.0922. The third-order valence-electron chi connectivity index (χ3n) is 2.10. The fourth-order valence-corrected chi connectivity index (χ4v) is 1.24. The molecule has 0 bridgehead atoms. The molecule has 0 aromatic carbocycles. The number of hydrogen-bond donors (Lipinski definition) is 1. The maximum Gasteiger partial charge on any atom is 0.287 e. The van der Waals surface area contributed by atoms with Crippen molar-refractivity contribution in [3.63, 3.8) is 0 Å². The highest BCUT2D eigenvalue weighted by molar-refractivity contribution is 5.91. The van der Waals surface area contributed by atoms with Crippen LogP contribution in [0.2, 0.25) is 0 Å². The van der Waals surface area contributed by atoms with Gasteiger partial charge in [0, 0.05) is 13.2 Å². The zero-order valence-electron chi connectivity index (χ0n) is 8.30. The third-order valence-corrected chi connectivity index (χ3v) is 2.10. The van der Waals surface area contributed by atoms with Crippen molar-refractivity contribution in [3.05, 3.63) is 42.1 Å². The summed E-state index contributed by atoms with van der Waals surface area (Å²) in [5.41, 5.74) is 0.940. The Labute approximate surface area is 86.7 Å². The number of carbonyl (C=O) groups is 1. The van der Waals surface area contributed by atoms with Crippen molar-refractivity contribution in [1.29, 1.82) is 0 Å². The predicted octanol–water partition coefficient (Wildman–Crippen LogP) is 0.943. The number of aromatic nitrogens is 2. The lowest BCUT2D eigenvalue weighted by Crippen LogP contribution is -2.23. The summed E-state index contributed by atoms with van der Waals surface area (Å²) in [5.74, 6) is 0.0957. The number of hydrogen-bond acceptors (Lipinski definition) is 3. The summed E-state index contributed by atoms with van der Waals surface area (Å²) in [7, 11) is 1.83. The van der Waals surface area contributed by atoms with E-state index >= 15 is 0 Å². The molecule has 78 valence electrons. The lowest BCUT2D eigenvalue weighted by atomic mass is 10.4. The molecule has 0 aliphatic carbocycles. The molecule has 0 atom stereocenters. The molecule has 0 radical (unpaired) electrons. The molecular formula is C10H11N3O2. The molecule has 0 aliphatic heterocycles. The van der Waals surface area contributed by atoms with Crippen LogP contribution in [0.15, 0.2) is 35.1 Å². The van der Waals surface area contributed by atoms with Crippen molar-refractivity contribution in [2.75, 3.05) is 0 Å². The zero-order chi connectivity index (χ0) is 10.7. The average Bonchev–Trinajstić information content (AvgIpc) is 2.85. The van der Waals surface area contributed by atoms with Crippen LogP contribution in [0.4, 0.5) is 0 Å². The molecule has 2 rings (SSSR count). The Morgan fingerprint density at radius 1 is 1.60 bits per heavy atom. The molecule has 15 heavy (non-hydrogen) atoms. The first-order valence-corrected chi connectivity index (χ1v) is 4.56. The first-order chi connectivity index (χ1) is 7.27. The molecule has 0 fully saturated rings. The minimum Gasteiger partial charge on any atom is -0.459 e. The highest BCUT2D eigenvalue weighted by Crippen LogP contribution is 2.01. The van der Waals surface area contributed by atoms with Gasteiger partial charge in [-0.15, -0.1) is 0 Å². The Kier molecular flexibility index (Phi) is 2.53. The van der Waals surface area contributed by atoms with E-state index in [1.807, 2.05) is 13.1 Å².